The first-order valence-corrected chi connectivity index (χ1v) is 9.07. The monoisotopic (exact) mass is 388 g/mol. The number of benzene rings is 2. The Morgan fingerprint density at radius 2 is 1.44 bits per heavy atom. The minimum Gasteiger partial charge on any atom is -0.293 e. The van der Waals surface area contributed by atoms with Crippen LogP contribution in [0.4, 0.5) is 0 Å². The molecule has 2 aromatic carbocycles. The predicted octanol–water partition coefficient (Wildman–Crippen LogP) is 5.96. The fourth-order valence-electron chi connectivity index (χ4n) is 3.54. The minimum absolute atomic E-state index is 0.104. The van der Waals surface area contributed by atoms with Crippen molar-refractivity contribution in [2.75, 3.05) is 0 Å². The van der Waals surface area contributed by atoms with Crippen molar-refractivity contribution in [3.63, 3.8) is 0 Å². The lowest BCUT2D eigenvalue weighted by atomic mass is 9.79. The summed E-state index contributed by atoms with van der Waals surface area (Å²) >= 11 is 3.57. The van der Waals surface area contributed by atoms with Crippen molar-refractivity contribution in [1.82, 2.24) is 0 Å². The molecular formula is C23H17BrO. The van der Waals surface area contributed by atoms with E-state index in [2.05, 4.69) is 52.3 Å². The highest BCUT2D eigenvalue weighted by Crippen LogP contribution is 2.51. The maximum absolute atomic E-state index is 12.9. The maximum Gasteiger partial charge on any atom is 0.169 e. The van der Waals surface area contributed by atoms with Gasteiger partial charge in [0.15, 0.2) is 5.78 Å². The summed E-state index contributed by atoms with van der Waals surface area (Å²) < 4.78 is 0.913. The average molecular weight is 389 g/mol. The quantitative estimate of drug-likeness (QED) is 0.619. The van der Waals surface area contributed by atoms with E-state index in [1.807, 2.05) is 49.4 Å². The lowest BCUT2D eigenvalue weighted by Crippen LogP contribution is -2.23. The van der Waals surface area contributed by atoms with E-state index in [4.69, 9.17) is 0 Å². The van der Waals surface area contributed by atoms with Gasteiger partial charge in [-0.3, -0.25) is 4.79 Å². The topological polar surface area (TPSA) is 17.1 Å². The van der Waals surface area contributed by atoms with Crippen LogP contribution in [0.2, 0.25) is 0 Å². The summed E-state index contributed by atoms with van der Waals surface area (Å²) in [6.45, 7) is 2.01. The van der Waals surface area contributed by atoms with Crippen LogP contribution in [-0.2, 0) is 4.79 Å². The predicted molar refractivity (Wildman–Crippen MR) is 107 cm³/mol. The molecule has 2 heteroatoms. The third-order valence-corrected chi connectivity index (χ3v) is 5.36. The Kier molecular flexibility index (Phi) is 3.93. The molecular weight excluding hydrogens is 372 g/mol. The first kappa shape index (κ1) is 16.0. The van der Waals surface area contributed by atoms with Crippen molar-refractivity contribution >= 4 is 32.9 Å². The van der Waals surface area contributed by atoms with E-state index in [0.717, 1.165) is 32.3 Å². The van der Waals surface area contributed by atoms with Crippen LogP contribution < -0.4 is 0 Å². The van der Waals surface area contributed by atoms with Crippen LogP contribution in [0.15, 0.2) is 95.0 Å². The zero-order valence-electron chi connectivity index (χ0n) is 13.9. The van der Waals surface area contributed by atoms with Gasteiger partial charge in [0.1, 0.15) is 0 Å². The Balaban J connectivity index is 2.04. The van der Waals surface area contributed by atoms with Gasteiger partial charge in [0.25, 0.3) is 0 Å². The van der Waals surface area contributed by atoms with Gasteiger partial charge < -0.3 is 0 Å². The largest absolute Gasteiger partial charge is 0.293 e. The van der Waals surface area contributed by atoms with Gasteiger partial charge in [0.05, 0.1) is 5.41 Å². The molecule has 1 nitrogen and oxygen atoms in total. The van der Waals surface area contributed by atoms with Crippen molar-refractivity contribution in [2.45, 2.75) is 6.92 Å². The molecule has 0 amide bonds. The summed E-state index contributed by atoms with van der Waals surface area (Å²) in [5.41, 5.74) is 4.89. The third kappa shape index (κ3) is 2.67. The van der Waals surface area contributed by atoms with E-state index >= 15 is 0 Å². The van der Waals surface area contributed by atoms with Crippen LogP contribution in [0.25, 0.3) is 11.1 Å². The highest BCUT2D eigenvalue weighted by Gasteiger charge is 2.41. The SMILES string of the molecule is C[C@@]12C=C(c3ccccc3)C(c3ccccc3)=C1C=C(Br)C=CC2=O. The van der Waals surface area contributed by atoms with Gasteiger partial charge >= 0.3 is 0 Å². The molecule has 0 heterocycles. The van der Waals surface area contributed by atoms with E-state index in [9.17, 15) is 4.79 Å². The molecule has 2 aliphatic carbocycles. The molecule has 0 saturated carbocycles. The zero-order valence-corrected chi connectivity index (χ0v) is 15.5. The number of carbonyl (C=O) groups excluding carboxylic acids is 1. The van der Waals surface area contributed by atoms with E-state index in [1.165, 1.54) is 0 Å². The van der Waals surface area contributed by atoms with Crippen LogP contribution in [0.1, 0.15) is 18.1 Å². The van der Waals surface area contributed by atoms with Crippen LogP contribution in [0.5, 0.6) is 0 Å². The van der Waals surface area contributed by atoms with Crippen LogP contribution in [0, 0.1) is 5.41 Å². The standard InChI is InChI=1S/C23H17BrO/c1-23-15-19(16-8-4-2-5-9-16)22(17-10-6-3-7-11-17)20(23)14-18(24)12-13-21(23)25/h2-15H,1H3/t23-/m1/s1. The summed E-state index contributed by atoms with van der Waals surface area (Å²) in [5.74, 6) is 0.104. The number of halogens is 1. The smallest absolute Gasteiger partial charge is 0.169 e. The first-order chi connectivity index (χ1) is 12.1. The summed E-state index contributed by atoms with van der Waals surface area (Å²) in [7, 11) is 0. The average Bonchev–Trinajstić information content (AvgIpc) is 2.89. The number of fused-ring (bicyclic) bond motifs is 1. The van der Waals surface area contributed by atoms with E-state index in [-0.39, 0.29) is 5.78 Å². The first-order valence-electron chi connectivity index (χ1n) is 8.28. The molecule has 0 spiro atoms. The molecule has 1 atom stereocenters. The molecule has 2 aromatic rings. The van der Waals surface area contributed by atoms with E-state index in [0.29, 0.717) is 0 Å². The highest BCUT2D eigenvalue weighted by atomic mass is 79.9. The lowest BCUT2D eigenvalue weighted by Gasteiger charge is -2.21. The van der Waals surface area contributed by atoms with Gasteiger partial charge in [0, 0.05) is 4.48 Å². The van der Waals surface area contributed by atoms with Gasteiger partial charge in [-0.1, -0.05) is 82.7 Å². The second-order valence-corrected chi connectivity index (χ2v) is 7.42. The normalized spacial score (nSPS) is 22.4. The minimum atomic E-state index is -0.650. The van der Waals surface area contributed by atoms with Crippen LogP contribution >= 0.6 is 15.9 Å². The number of hydrogen-bond acceptors (Lipinski definition) is 1. The van der Waals surface area contributed by atoms with Gasteiger partial charge in [-0.2, -0.15) is 0 Å². The highest BCUT2D eigenvalue weighted by molar-refractivity contribution is 9.11. The molecule has 4 rings (SSSR count). The fourth-order valence-corrected chi connectivity index (χ4v) is 3.91. The molecule has 122 valence electrons. The van der Waals surface area contributed by atoms with Gasteiger partial charge in [-0.15, -0.1) is 0 Å². The second kappa shape index (κ2) is 6.12. The Morgan fingerprint density at radius 1 is 0.840 bits per heavy atom. The van der Waals surface area contributed by atoms with Crippen LogP contribution in [-0.4, -0.2) is 5.78 Å². The molecule has 0 saturated heterocycles. The van der Waals surface area contributed by atoms with Gasteiger partial charge in [-0.25, -0.2) is 0 Å². The second-order valence-electron chi connectivity index (χ2n) is 6.51. The molecule has 0 fully saturated rings. The molecule has 0 N–H and O–H groups in total. The maximum atomic E-state index is 12.9. The molecule has 25 heavy (non-hydrogen) atoms. The van der Waals surface area contributed by atoms with E-state index in [1.54, 1.807) is 6.08 Å². The van der Waals surface area contributed by atoms with E-state index < -0.39 is 5.41 Å². The van der Waals surface area contributed by atoms with Crippen LogP contribution in [0.3, 0.4) is 0 Å². The molecule has 0 radical (unpaired) electrons. The Morgan fingerprint density at radius 3 is 2.08 bits per heavy atom. The number of ketones is 1. The zero-order chi connectivity index (χ0) is 17.4. The molecule has 2 aliphatic rings. The summed E-state index contributed by atoms with van der Waals surface area (Å²) in [5, 5.41) is 0. The van der Waals surface area contributed by atoms with Crippen molar-refractivity contribution < 1.29 is 4.79 Å². The Labute approximate surface area is 156 Å². The summed E-state index contributed by atoms with van der Waals surface area (Å²) in [6, 6.07) is 20.6. The molecule has 0 aromatic heterocycles. The molecule has 0 unspecified atom stereocenters. The number of allylic oxidation sites excluding steroid dienone is 8. The number of hydrogen-bond donors (Lipinski definition) is 0. The number of rotatable bonds is 2. The van der Waals surface area contributed by atoms with Gasteiger partial charge in [0.2, 0.25) is 0 Å². The fraction of sp³-hybridized carbons (Fsp3) is 0.0870. The summed E-state index contributed by atoms with van der Waals surface area (Å²) in [6.07, 6.45) is 7.70. The molecule has 0 aliphatic heterocycles. The van der Waals surface area contributed by atoms with Crippen molar-refractivity contribution in [2.24, 2.45) is 5.41 Å². The molecule has 0 bridgehead atoms. The Hall–Kier alpha value is -2.45. The summed E-state index contributed by atoms with van der Waals surface area (Å²) in [4.78, 5) is 12.9. The van der Waals surface area contributed by atoms with Gasteiger partial charge in [-0.05, 0) is 53.0 Å². The van der Waals surface area contributed by atoms with Crippen molar-refractivity contribution in [3.8, 4) is 0 Å². The van der Waals surface area contributed by atoms with Crippen molar-refractivity contribution in [1.29, 1.82) is 0 Å². The number of carbonyl (C=O) groups is 1. The third-order valence-electron chi connectivity index (χ3n) is 4.87. The van der Waals surface area contributed by atoms with Crippen molar-refractivity contribution in [3.05, 3.63) is 106 Å². The Bertz CT molecular complexity index is 962. The lowest BCUT2D eigenvalue weighted by molar-refractivity contribution is -0.119.